The summed E-state index contributed by atoms with van der Waals surface area (Å²) in [6.45, 7) is 4.80. The van der Waals surface area contributed by atoms with Crippen molar-refractivity contribution in [1.82, 2.24) is 25.3 Å². The molecule has 1 fully saturated rings. The summed E-state index contributed by atoms with van der Waals surface area (Å²) in [6.07, 6.45) is 1.51. The van der Waals surface area contributed by atoms with Crippen LogP contribution in [0.5, 0.6) is 0 Å². The molecule has 0 aromatic carbocycles. The van der Waals surface area contributed by atoms with Crippen molar-refractivity contribution in [2.24, 2.45) is 4.99 Å². The topological polar surface area (TPSA) is 100 Å². The number of aliphatic imine (C=N–C) groups is 1. The quantitative estimate of drug-likeness (QED) is 0.417. The number of rotatable bonds is 3. The number of carbonyl (C=O) groups excluding carboxylic acids is 1. The molecule has 1 amide bonds. The Kier molecular flexibility index (Phi) is 6.79. The van der Waals surface area contributed by atoms with E-state index in [1.54, 1.807) is 31.0 Å². The monoisotopic (exact) mass is 460 g/mol. The van der Waals surface area contributed by atoms with Gasteiger partial charge in [0.1, 0.15) is 0 Å². The minimum absolute atomic E-state index is 0. The highest BCUT2D eigenvalue weighted by Gasteiger charge is 2.25. The molecule has 3 rings (SSSR count). The highest BCUT2D eigenvalue weighted by atomic mass is 127. The standard InChI is InChI=1S/C15H20N6O3.HI/c1-11-18-13(19-24-11)10-17-15(16-2)21-7-5-20(6-8-21)14(22)12-4-3-9-23-12;/h3-4,9H,5-8,10H2,1-2H3,(H,16,17);1H. The number of guanidine groups is 1. The highest BCUT2D eigenvalue weighted by Crippen LogP contribution is 2.09. The first kappa shape index (κ1) is 19.2. The molecule has 0 aliphatic carbocycles. The minimum atomic E-state index is -0.0788. The lowest BCUT2D eigenvalue weighted by molar-refractivity contribution is 0.0657. The lowest BCUT2D eigenvalue weighted by Gasteiger charge is -2.36. The average Bonchev–Trinajstić information content (AvgIpc) is 3.27. The van der Waals surface area contributed by atoms with Crippen LogP contribution in [0.4, 0.5) is 0 Å². The van der Waals surface area contributed by atoms with Crippen LogP contribution in [0.15, 0.2) is 32.3 Å². The van der Waals surface area contributed by atoms with Gasteiger partial charge in [0.15, 0.2) is 17.5 Å². The number of furan rings is 1. The number of amides is 1. The Hall–Kier alpha value is -2.11. The third-order valence-electron chi connectivity index (χ3n) is 3.78. The molecule has 0 atom stereocenters. The van der Waals surface area contributed by atoms with E-state index in [4.69, 9.17) is 8.94 Å². The van der Waals surface area contributed by atoms with Gasteiger partial charge in [-0.1, -0.05) is 5.16 Å². The summed E-state index contributed by atoms with van der Waals surface area (Å²) >= 11 is 0. The lowest BCUT2D eigenvalue weighted by atomic mass is 10.3. The summed E-state index contributed by atoms with van der Waals surface area (Å²) < 4.78 is 10.1. The van der Waals surface area contributed by atoms with Gasteiger partial charge in [-0.2, -0.15) is 4.98 Å². The van der Waals surface area contributed by atoms with Gasteiger partial charge in [0.2, 0.25) is 5.89 Å². The van der Waals surface area contributed by atoms with Gasteiger partial charge in [-0.3, -0.25) is 9.79 Å². The molecule has 136 valence electrons. The zero-order valence-corrected chi connectivity index (χ0v) is 16.5. The minimum Gasteiger partial charge on any atom is -0.459 e. The van der Waals surface area contributed by atoms with E-state index in [2.05, 4.69) is 25.3 Å². The molecule has 10 heteroatoms. The van der Waals surface area contributed by atoms with Crippen LogP contribution >= 0.6 is 24.0 Å². The van der Waals surface area contributed by atoms with Crippen LogP contribution in [-0.4, -0.2) is 65.0 Å². The molecule has 2 aromatic rings. The van der Waals surface area contributed by atoms with Gasteiger partial charge in [-0.25, -0.2) is 0 Å². The number of nitrogens with one attached hydrogen (secondary N) is 1. The van der Waals surface area contributed by atoms with E-state index >= 15 is 0 Å². The SMILES string of the molecule is CN=C(NCc1noc(C)n1)N1CCN(C(=O)c2ccco2)CC1.I. The summed E-state index contributed by atoms with van der Waals surface area (Å²) in [5.74, 6) is 2.16. The Morgan fingerprint density at radius 2 is 2.04 bits per heavy atom. The number of nitrogens with zero attached hydrogens (tertiary/aromatic N) is 5. The van der Waals surface area contributed by atoms with Crippen molar-refractivity contribution in [1.29, 1.82) is 0 Å². The zero-order chi connectivity index (χ0) is 16.9. The van der Waals surface area contributed by atoms with E-state index in [1.165, 1.54) is 6.26 Å². The Labute approximate surface area is 162 Å². The van der Waals surface area contributed by atoms with Crippen molar-refractivity contribution in [2.45, 2.75) is 13.5 Å². The van der Waals surface area contributed by atoms with Gasteiger partial charge in [0, 0.05) is 40.2 Å². The average molecular weight is 460 g/mol. The van der Waals surface area contributed by atoms with Gasteiger partial charge in [0.25, 0.3) is 5.91 Å². The van der Waals surface area contributed by atoms with Crippen LogP contribution in [0.2, 0.25) is 0 Å². The van der Waals surface area contributed by atoms with Crippen LogP contribution in [0.1, 0.15) is 22.3 Å². The molecule has 0 saturated carbocycles. The van der Waals surface area contributed by atoms with Gasteiger partial charge in [0.05, 0.1) is 12.8 Å². The molecule has 0 unspecified atom stereocenters. The molecule has 9 nitrogen and oxygen atoms in total. The normalized spacial score (nSPS) is 15.0. The van der Waals surface area contributed by atoms with E-state index < -0.39 is 0 Å². The smallest absolute Gasteiger partial charge is 0.289 e. The summed E-state index contributed by atoms with van der Waals surface area (Å²) in [7, 11) is 1.73. The van der Waals surface area contributed by atoms with Gasteiger partial charge in [-0.05, 0) is 12.1 Å². The number of piperazine rings is 1. The maximum absolute atomic E-state index is 12.3. The Bertz CT molecular complexity index is 707. The van der Waals surface area contributed by atoms with Crippen LogP contribution in [0.25, 0.3) is 0 Å². The van der Waals surface area contributed by atoms with Crippen LogP contribution in [0, 0.1) is 6.92 Å². The first-order chi connectivity index (χ1) is 11.7. The highest BCUT2D eigenvalue weighted by molar-refractivity contribution is 14.0. The van der Waals surface area contributed by atoms with Crippen molar-refractivity contribution in [3.63, 3.8) is 0 Å². The Balaban J connectivity index is 0.00000225. The second-order valence-corrected chi connectivity index (χ2v) is 5.39. The predicted molar refractivity (Wildman–Crippen MR) is 101 cm³/mol. The van der Waals surface area contributed by atoms with Gasteiger partial charge >= 0.3 is 0 Å². The second-order valence-electron chi connectivity index (χ2n) is 5.39. The molecule has 1 aliphatic rings. The lowest BCUT2D eigenvalue weighted by Crippen LogP contribution is -2.53. The first-order valence-corrected chi connectivity index (χ1v) is 7.75. The third-order valence-corrected chi connectivity index (χ3v) is 3.78. The molecule has 0 radical (unpaired) electrons. The van der Waals surface area contributed by atoms with Gasteiger partial charge in [-0.15, -0.1) is 24.0 Å². The number of aryl methyl sites for hydroxylation is 1. The molecule has 0 spiro atoms. The van der Waals surface area contributed by atoms with Crippen molar-refractivity contribution < 1.29 is 13.7 Å². The summed E-state index contributed by atoms with van der Waals surface area (Å²) in [5.41, 5.74) is 0. The molecular weight excluding hydrogens is 439 g/mol. The number of hydrogen-bond donors (Lipinski definition) is 1. The molecule has 1 saturated heterocycles. The van der Waals surface area contributed by atoms with E-state index in [0.29, 0.717) is 50.2 Å². The molecular formula is C15H21IN6O3. The summed E-state index contributed by atoms with van der Waals surface area (Å²) in [6, 6.07) is 3.40. The molecule has 2 aromatic heterocycles. The largest absolute Gasteiger partial charge is 0.459 e. The predicted octanol–water partition coefficient (Wildman–Crippen LogP) is 1.12. The number of aromatic nitrogens is 2. The van der Waals surface area contributed by atoms with Crippen molar-refractivity contribution in [3.05, 3.63) is 35.9 Å². The Morgan fingerprint density at radius 3 is 2.60 bits per heavy atom. The molecule has 3 heterocycles. The fraction of sp³-hybridized carbons (Fsp3) is 0.467. The van der Waals surface area contributed by atoms with E-state index in [-0.39, 0.29) is 29.9 Å². The maximum atomic E-state index is 12.3. The molecule has 1 N–H and O–H groups in total. The fourth-order valence-corrected chi connectivity index (χ4v) is 2.58. The van der Waals surface area contributed by atoms with Gasteiger partial charge < -0.3 is 24.1 Å². The van der Waals surface area contributed by atoms with Crippen LogP contribution < -0.4 is 5.32 Å². The van der Waals surface area contributed by atoms with Crippen LogP contribution in [-0.2, 0) is 6.54 Å². The van der Waals surface area contributed by atoms with Crippen molar-refractivity contribution >= 4 is 35.8 Å². The van der Waals surface area contributed by atoms with Crippen molar-refractivity contribution in [3.8, 4) is 0 Å². The third kappa shape index (κ3) is 4.71. The maximum Gasteiger partial charge on any atom is 0.289 e. The van der Waals surface area contributed by atoms with Crippen molar-refractivity contribution in [2.75, 3.05) is 33.2 Å². The number of halogens is 1. The van der Waals surface area contributed by atoms with E-state index in [9.17, 15) is 4.79 Å². The molecule has 0 bridgehead atoms. The zero-order valence-electron chi connectivity index (χ0n) is 14.1. The van der Waals surface area contributed by atoms with Crippen LogP contribution in [0.3, 0.4) is 0 Å². The molecule has 25 heavy (non-hydrogen) atoms. The Morgan fingerprint density at radius 1 is 1.32 bits per heavy atom. The first-order valence-electron chi connectivity index (χ1n) is 7.75. The summed E-state index contributed by atoms with van der Waals surface area (Å²) in [4.78, 5) is 24.6. The number of carbonyl (C=O) groups is 1. The van der Waals surface area contributed by atoms with E-state index in [1.807, 2.05) is 0 Å². The number of hydrogen-bond acceptors (Lipinski definition) is 6. The van der Waals surface area contributed by atoms with E-state index in [0.717, 1.165) is 5.96 Å². The summed E-state index contributed by atoms with van der Waals surface area (Å²) in [5, 5.41) is 7.05. The molecule has 1 aliphatic heterocycles. The fourth-order valence-electron chi connectivity index (χ4n) is 2.58. The second kappa shape index (κ2) is 8.83.